The molecule has 2 aromatic rings. The van der Waals surface area contributed by atoms with Crippen LogP contribution < -0.4 is 0 Å². The molecular formula is C10H5Cl3. The van der Waals surface area contributed by atoms with Crippen LogP contribution >= 0.6 is 34.8 Å². The molecule has 0 bridgehead atoms. The number of hydrogen-bond donors (Lipinski definition) is 0. The molecule has 13 heavy (non-hydrogen) atoms. The van der Waals surface area contributed by atoms with Crippen LogP contribution in [0, 0.1) is 0 Å². The fourth-order valence-corrected chi connectivity index (χ4v) is 1.82. The lowest BCUT2D eigenvalue weighted by atomic mass is 10.1. The molecule has 2 rings (SSSR count). The van der Waals surface area contributed by atoms with Gasteiger partial charge in [-0.25, -0.2) is 0 Å². The molecule has 0 spiro atoms. The van der Waals surface area contributed by atoms with E-state index in [4.69, 9.17) is 34.8 Å². The van der Waals surface area contributed by atoms with E-state index in [0.29, 0.717) is 15.1 Å². The van der Waals surface area contributed by atoms with Crippen molar-refractivity contribution in [3.8, 4) is 0 Å². The molecular weight excluding hydrogens is 226 g/mol. The zero-order chi connectivity index (χ0) is 9.42. The van der Waals surface area contributed by atoms with E-state index < -0.39 is 0 Å². The summed E-state index contributed by atoms with van der Waals surface area (Å²) < 4.78 is 0. The normalized spacial score (nSPS) is 10.7. The molecule has 0 saturated heterocycles. The minimum absolute atomic E-state index is 0.566. The molecule has 0 amide bonds. The number of rotatable bonds is 0. The van der Waals surface area contributed by atoms with E-state index in [1.54, 1.807) is 12.1 Å². The van der Waals surface area contributed by atoms with Crippen LogP contribution in [0.5, 0.6) is 0 Å². The monoisotopic (exact) mass is 230 g/mol. The molecule has 0 fully saturated rings. The predicted octanol–water partition coefficient (Wildman–Crippen LogP) is 4.80. The minimum atomic E-state index is 0.566. The zero-order valence-electron chi connectivity index (χ0n) is 6.52. The molecule has 0 aromatic heterocycles. The summed E-state index contributed by atoms with van der Waals surface area (Å²) in [6.07, 6.45) is 0. The molecule has 3 heteroatoms. The summed E-state index contributed by atoms with van der Waals surface area (Å²) in [5.41, 5.74) is 0. The molecule has 0 radical (unpaired) electrons. The average Bonchev–Trinajstić information content (AvgIpc) is 2.12. The van der Waals surface area contributed by atoms with E-state index in [0.717, 1.165) is 10.8 Å². The Balaban J connectivity index is 2.87. The highest BCUT2D eigenvalue weighted by atomic mass is 35.5. The standard InChI is InChI=1S/C10H5Cl3/c11-7-2-3-8-6(5-7)1-4-9(12)10(8)13/h1-5H. The highest BCUT2D eigenvalue weighted by Crippen LogP contribution is 2.31. The van der Waals surface area contributed by atoms with E-state index in [2.05, 4.69) is 0 Å². The minimum Gasteiger partial charge on any atom is -0.0843 e. The number of hydrogen-bond acceptors (Lipinski definition) is 0. The summed E-state index contributed by atoms with van der Waals surface area (Å²) in [5.74, 6) is 0. The Morgan fingerprint density at radius 1 is 0.846 bits per heavy atom. The van der Waals surface area contributed by atoms with Crippen molar-refractivity contribution in [2.24, 2.45) is 0 Å². The van der Waals surface area contributed by atoms with E-state index in [1.165, 1.54) is 0 Å². The van der Waals surface area contributed by atoms with Crippen molar-refractivity contribution >= 4 is 45.6 Å². The first-order chi connectivity index (χ1) is 6.18. The quantitative estimate of drug-likeness (QED) is 0.611. The third kappa shape index (κ3) is 1.62. The molecule has 0 heterocycles. The first kappa shape index (κ1) is 9.14. The molecule has 0 aliphatic heterocycles. The smallest absolute Gasteiger partial charge is 0.0670 e. The van der Waals surface area contributed by atoms with Crippen molar-refractivity contribution < 1.29 is 0 Å². The van der Waals surface area contributed by atoms with Gasteiger partial charge in [0.2, 0.25) is 0 Å². The number of halogens is 3. The van der Waals surface area contributed by atoms with Gasteiger partial charge in [0.1, 0.15) is 0 Å². The summed E-state index contributed by atoms with van der Waals surface area (Å²) in [5, 5.41) is 3.78. The van der Waals surface area contributed by atoms with Crippen molar-refractivity contribution in [1.29, 1.82) is 0 Å². The Kier molecular flexibility index (Phi) is 2.37. The van der Waals surface area contributed by atoms with E-state index in [1.807, 2.05) is 18.2 Å². The van der Waals surface area contributed by atoms with Gasteiger partial charge in [-0.2, -0.15) is 0 Å². The molecule has 0 aliphatic rings. The maximum absolute atomic E-state index is 6.00. The molecule has 66 valence electrons. The Morgan fingerprint density at radius 2 is 1.62 bits per heavy atom. The first-order valence-electron chi connectivity index (χ1n) is 3.72. The van der Waals surface area contributed by atoms with Gasteiger partial charge in [0, 0.05) is 10.4 Å². The van der Waals surface area contributed by atoms with Gasteiger partial charge in [0.25, 0.3) is 0 Å². The van der Waals surface area contributed by atoms with Gasteiger partial charge in [-0.3, -0.25) is 0 Å². The summed E-state index contributed by atoms with van der Waals surface area (Å²) in [7, 11) is 0. The second-order valence-corrected chi connectivity index (χ2v) is 3.95. The third-order valence-corrected chi connectivity index (χ3v) is 2.92. The maximum atomic E-state index is 6.00. The van der Waals surface area contributed by atoms with Crippen LogP contribution in [0.15, 0.2) is 30.3 Å². The predicted molar refractivity (Wildman–Crippen MR) is 59.0 cm³/mol. The van der Waals surface area contributed by atoms with Crippen LogP contribution in [0.25, 0.3) is 10.8 Å². The van der Waals surface area contributed by atoms with Gasteiger partial charge in [-0.05, 0) is 23.6 Å². The Morgan fingerprint density at radius 3 is 2.38 bits per heavy atom. The topological polar surface area (TPSA) is 0 Å². The second kappa shape index (κ2) is 3.38. The second-order valence-electron chi connectivity index (χ2n) is 2.73. The Hall–Kier alpha value is -0.430. The molecule has 0 nitrogen and oxygen atoms in total. The summed E-state index contributed by atoms with van der Waals surface area (Å²) >= 11 is 17.7. The summed E-state index contributed by atoms with van der Waals surface area (Å²) in [6.45, 7) is 0. The lowest BCUT2D eigenvalue weighted by molar-refractivity contribution is 1.74. The maximum Gasteiger partial charge on any atom is 0.0670 e. The van der Waals surface area contributed by atoms with Crippen molar-refractivity contribution in [2.75, 3.05) is 0 Å². The van der Waals surface area contributed by atoms with E-state index in [-0.39, 0.29) is 0 Å². The van der Waals surface area contributed by atoms with Crippen LogP contribution in [0.3, 0.4) is 0 Å². The Labute approximate surface area is 91.0 Å². The largest absolute Gasteiger partial charge is 0.0843 e. The molecule has 0 unspecified atom stereocenters. The van der Waals surface area contributed by atoms with Gasteiger partial charge >= 0.3 is 0 Å². The molecule has 0 atom stereocenters. The van der Waals surface area contributed by atoms with Gasteiger partial charge in [-0.1, -0.05) is 46.9 Å². The Bertz CT molecular complexity index is 463. The van der Waals surface area contributed by atoms with Crippen LogP contribution in [0.1, 0.15) is 0 Å². The molecule has 0 aliphatic carbocycles. The molecule has 2 aromatic carbocycles. The molecule has 0 N–H and O–H groups in total. The lowest BCUT2D eigenvalue weighted by Gasteiger charge is -2.02. The SMILES string of the molecule is Clc1ccc2c(Cl)c(Cl)ccc2c1. The third-order valence-electron chi connectivity index (χ3n) is 1.87. The van der Waals surface area contributed by atoms with E-state index in [9.17, 15) is 0 Å². The highest BCUT2D eigenvalue weighted by Gasteiger charge is 2.03. The van der Waals surface area contributed by atoms with Crippen LogP contribution in [0.2, 0.25) is 15.1 Å². The number of benzene rings is 2. The first-order valence-corrected chi connectivity index (χ1v) is 4.85. The van der Waals surface area contributed by atoms with Crippen LogP contribution in [-0.2, 0) is 0 Å². The fourth-order valence-electron chi connectivity index (χ4n) is 1.24. The zero-order valence-corrected chi connectivity index (χ0v) is 8.79. The lowest BCUT2D eigenvalue weighted by Crippen LogP contribution is -1.75. The average molecular weight is 232 g/mol. The van der Waals surface area contributed by atoms with Gasteiger partial charge < -0.3 is 0 Å². The van der Waals surface area contributed by atoms with Gasteiger partial charge in [0.05, 0.1) is 10.0 Å². The van der Waals surface area contributed by atoms with E-state index >= 15 is 0 Å². The summed E-state index contributed by atoms with van der Waals surface area (Å²) in [6, 6.07) is 9.19. The summed E-state index contributed by atoms with van der Waals surface area (Å²) in [4.78, 5) is 0. The van der Waals surface area contributed by atoms with Crippen LogP contribution in [-0.4, -0.2) is 0 Å². The van der Waals surface area contributed by atoms with Crippen molar-refractivity contribution in [1.82, 2.24) is 0 Å². The van der Waals surface area contributed by atoms with Crippen LogP contribution in [0.4, 0.5) is 0 Å². The highest BCUT2D eigenvalue weighted by molar-refractivity contribution is 6.45. The van der Waals surface area contributed by atoms with Crippen molar-refractivity contribution in [3.63, 3.8) is 0 Å². The number of fused-ring (bicyclic) bond motifs is 1. The van der Waals surface area contributed by atoms with Crippen molar-refractivity contribution in [3.05, 3.63) is 45.4 Å². The van der Waals surface area contributed by atoms with Gasteiger partial charge in [-0.15, -0.1) is 0 Å². The van der Waals surface area contributed by atoms with Gasteiger partial charge in [0.15, 0.2) is 0 Å². The van der Waals surface area contributed by atoms with Crippen molar-refractivity contribution in [2.45, 2.75) is 0 Å². The fraction of sp³-hybridized carbons (Fsp3) is 0. The molecule has 0 saturated carbocycles.